The van der Waals surface area contributed by atoms with Gasteiger partial charge in [-0.2, -0.15) is 0 Å². The quantitative estimate of drug-likeness (QED) is 0.517. The molecule has 0 aliphatic carbocycles. The Hall–Kier alpha value is -1.88. The summed E-state index contributed by atoms with van der Waals surface area (Å²) in [7, 11) is 6.60. The van der Waals surface area contributed by atoms with Crippen LogP contribution in [0.5, 0.6) is 0 Å². The van der Waals surface area contributed by atoms with Gasteiger partial charge in [-0.05, 0) is 116 Å². The third-order valence-electron chi connectivity index (χ3n) is 8.18. The van der Waals surface area contributed by atoms with Crippen LogP contribution in [0.3, 0.4) is 0 Å². The van der Waals surface area contributed by atoms with Gasteiger partial charge in [-0.25, -0.2) is 0 Å². The molecule has 0 amide bonds. The van der Waals surface area contributed by atoms with E-state index in [0.29, 0.717) is 0 Å². The molecule has 0 radical (unpaired) electrons. The van der Waals surface area contributed by atoms with E-state index in [1.807, 2.05) is 0 Å². The van der Waals surface area contributed by atoms with E-state index in [9.17, 15) is 0 Å². The van der Waals surface area contributed by atoms with Gasteiger partial charge in [-0.15, -0.1) is 0 Å². The van der Waals surface area contributed by atoms with E-state index in [2.05, 4.69) is 110 Å². The van der Waals surface area contributed by atoms with Gasteiger partial charge in [0.15, 0.2) is 0 Å². The van der Waals surface area contributed by atoms with Crippen LogP contribution in [0, 0.1) is 19.8 Å². The molecule has 36 heavy (non-hydrogen) atoms. The summed E-state index contributed by atoms with van der Waals surface area (Å²) in [5.41, 5.74) is 5.59. The van der Waals surface area contributed by atoms with Crippen molar-refractivity contribution in [1.82, 2.24) is 14.7 Å². The fourth-order valence-electron chi connectivity index (χ4n) is 5.14. The van der Waals surface area contributed by atoms with Crippen LogP contribution in [0.25, 0.3) is 0 Å². The standard InChI is InChI=1S/C13H19N.C12H18N2.C7H15N/c1-11-3-5-12(6-4-11)13-7-9-14(2)10-8-13;1-11-3-5-12(6-4-11)14-9-7-13(2)8-10-14;1-7-3-5-8(2)6-4-7/h3-6,13H,7-10H2,1-2H3;3-6H,7-10H2,1-2H3;7H,3-6H2,1-2H3. The Kier molecular flexibility index (Phi) is 11.8. The smallest absolute Gasteiger partial charge is 0.0367 e. The lowest BCUT2D eigenvalue weighted by molar-refractivity contribution is 0.230. The normalized spacial score (nSPS) is 20.8. The monoisotopic (exact) mass is 492 g/mol. The number of piperazine rings is 1. The van der Waals surface area contributed by atoms with Gasteiger partial charge < -0.3 is 19.6 Å². The average Bonchev–Trinajstić information content (AvgIpc) is 2.89. The van der Waals surface area contributed by atoms with Crippen molar-refractivity contribution in [1.29, 1.82) is 0 Å². The molecule has 3 aliphatic rings. The number of likely N-dealkylation sites (N-methyl/N-ethyl adjacent to an activating group) is 1. The van der Waals surface area contributed by atoms with Crippen molar-refractivity contribution >= 4 is 5.69 Å². The van der Waals surface area contributed by atoms with E-state index in [4.69, 9.17) is 0 Å². The Morgan fingerprint density at radius 3 is 1.42 bits per heavy atom. The van der Waals surface area contributed by atoms with E-state index in [1.165, 1.54) is 87.3 Å². The van der Waals surface area contributed by atoms with Crippen LogP contribution in [0.1, 0.15) is 55.2 Å². The van der Waals surface area contributed by atoms with Gasteiger partial charge >= 0.3 is 0 Å². The second-order valence-electron chi connectivity index (χ2n) is 11.6. The van der Waals surface area contributed by atoms with Crippen LogP contribution < -0.4 is 4.90 Å². The number of piperidine rings is 2. The molecule has 4 heteroatoms. The third-order valence-corrected chi connectivity index (χ3v) is 8.18. The molecular formula is C32H52N4. The summed E-state index contributed by atoms with van der Waals surface area (Å²) in [5, 5.41) is 0. The van der Waals surface area contributed by atoms with Crippen LogP contribution in [0.4, 0.5) is 5.69 Å². The zero-order valence-electron chi connectivity index (χ0n) is 24.0. The lowest BCUT2D eigenvalue weighted by Gasteiger charge is -2.34. The summed E-state index contributed by atoms with van der Waals surface area (Å²) in [4.78, 5) is 9.66. The third kappa shape index (κ3) is 9.88. The largest absolute Gasteiger partial charge is 0.369 e. The number of likely N-dealkylation sites (tertiary alicyclic amines) is 2. The van der Waals surface area contributed by atoms with Gasteiger partial charge in [0.2, 0.25) is 0 Å². The molecule has 0 atom stereocenters. The summed E-state index contributed by atoms with van der Waals surface area (Å²) in [6.45, 7) is 16.4. The first-order chi connectivity index (χ1) is 17.3. The first kappa shape index (κ1) is 28.7. The fourth-order valence-corrected chi connectivity index (χ4v) is 5.14. The number of anilines is 1. The Balaban J connectivity index is 0.000000157. The van der Waals surface area contributed by atoms with Crippen LogP contribution in [-0.4, -0.2) is 88.2 Å². The second-order valence-corrected chi connectivity index (χ2v) is 11.6. The molecule has 2 aromatic rings. The zero-order chi connectivity index (χ0) is 25.9. The first-order valence-electron chi connectivity index (χ1n) is 14.2. The fraction of sp³-hybridized carbons (Fsp3) is 0.625. The Morgan fingerprint density at radius 1 is 0.528 bits per heavy atom. The SMILES string of the molecule is CC1CCN(C)CC1.Cc1ccc(C2CCN(C)CC2)cc1.Cc1ccc(N2CCN(C)CC2)cc1. The maximum atomic E-state index is 2.46. The molecule has 2 aromatic carbocycles. The predicted octanol–water partition coefficient (Wildman–Crippen LogP) is 5.90. The highest BCUT2D eigenvalue weighted by atomic mass is 15.2. The van der Waals surface area contributed by atoms with Gasteiger partial charge in [0.05, 0.1) is 0 Å². The number of hydrogen-bond donors (Lipinski definition) is 0. The zero-order valence-corrected chi connectivity index (χ0v) is 24.0. The van der Waals surface area contributed by atoms with Crippen LogP contribution in [0.15, 0.2) is 48.5 Å². The second kappa shape index (κ2) is 14.8. The van der Waals surface area contributed by atoms with Crippen molar-refractivity contribution in [2.75, 3.05) is 78.4 Å². The molecule has 4 nitrogen and oxygen atoms in total. The minimum Gasteiger partial charge on any atom is -0.369 e. The summed E-state index contributed by atoms with van der Waals surface area (Å²) in [6, 6.07) is 17.9. The molecule has 200 valence electrons. The highest BCUT2D eigenvalue weighted by Crippen LogP contribution is 2.27. The number of nitrogens with zero attached hydrogens (tertiary/aromatic N) is 4. The first-order valence-corrected chi connectivity index (χ1v) is 14.2. The summed E-state index contributed by atoms with van der Waals surface area (Å²) in [5.74, 6) is 1.78. The van der Waals surface area contributed by atoms with Crippen molar-refractivity contribution in [2.45, 2.75) is 52.4 Å². The molecular weight excluding hydrogens is 440 g/mol. The number of rotatable bonds is 2. The molecule has 3 fully saturated rings. The minimum atomic E-state index is 0.798. The summed E-state index contributed by atoms with van der Waals surface area (Å²) >= 11 is 0. The Morgan fingerprint density at radius 2 is 0.944 bits per heavy atom. The maximum absolute atomic E-state index is 2.46. The number of benzene rings is 2. The van der Waals surface area contributed by atoms with Gasteiger partial charge in [0, 0.05) is 31.9 Å². The topological polar surface area (TPSA) is 13.0 Å². The van der Waals surface area contributed by atoms with Crippen molar-refractivity contribution < 1.29 is 0 Å². The molecule has 0 spiro atoms. The minimum absolute atomic E-state index is 0.798. The van der Waals surface area contributed by atoms with Crippen molar-refractivity contribution in [3.05, 3.63) is 65.2 Å². The highest BCUT2D eigenvalue weighted by Gasteiger charge is 2.18. The van der Waals surface area contributed by atoms with E-state index in [0.717, 1.165) is 24.9 Å². The summed E-state index contributed by atoms with van der Waals surface area (Å²) in [6.07, 6.45) is 5.44. The molecule has 0 unspecified atom stereocenters. The molecule has 0 N–H and O–H groups in total. The average molecular weight is 493 g/mol. The van der Waals surface area contributed by atoms with Gasteiger partial charge in [0.1, 0.15) is 0 Å². The summed E-state index contributed by atoms with van der Waals surface area (Å²) < 4.78 is 0. The van der Waals surface area contributed by atoms with E-state index >= 15 is 0 Å². The van der Waals surface area contributed by atoms with Crippen LogP contribution >= 0.6 is 0 Å². The van der Waals surface area contributed by atoms with Gasteiger partial charge in [-0.1, -0.05) is 54.4 Å². The number of hydrogen-bond acceptors (Lipinski definition) is 4. The molecule has 5 rings (SSSR count). The van der Waals surface area contributed by atoms with Crippen LogP contribution in [-0.2, 0) is 0 Å². The van der Waals surface area contributed by atoms with Gasteiger partial charge in [0.25, 0.3) is 0 Å². The van der Waals surface area contributed by atoms with Gasteiger partial charge in [-0.3, -0.25) is 0 Å². The predicted molar refractivity (Wildman–Crippen MR) is 157 cm³/mol. The van der Waals surface area contributed by atoms with Crippen molar-refractivity contribution in [3.63, 3.8) is 0 Å². The molecule has 3 heterocycles. The van der Waals surface area contributed by atoms with Crippen LogP contribution in [0.2, 0.25) is 0 Å². The molecule has 0 aromatic heterocycles. The van der Waals surface area contributed by atoms with E-state index < -0.39 is 0 Å². The molecule has 3 aliphatic heterocycles. The Bertz CT molecular complexity index is 765. The van der Waals surface area contributed by atoms with Crippen molar-refractivity contribution in [3.8, 4) is 0 Å². The molecule has 0 bridgehead atoms. The molecule has 0 saturated carbocycles. The lowest BCUT2D eigenvalue weighted by Crippen LogP contribution is -2.44. The maximum Gasteiger partial charge on any atom is 0.0367 e. The van der Waals surface area contributed by atoms with E-state index in [1.54, 1.807) is 0 Å². The molecule has 3 saturated heterocycles. The Labute approximate surface area is 222 Å². The van der Waals surface area contributed by atoms with Crippen molar-refractivity contribution in [2.24, 2.45) is 5.92 Å². The van der Waals surface area contributed by atoms with E-state index in [-0.39, 0.29) is 0 Å². The number of aryl methyl sites for hydroxylation is 2. The highest BCUT2D eigenvalue weighted by molar-refractivity contribution is 5.47. The lowest BCUT2D eigenvalue weighted by atomic mass is 9.89.